The van der Waals surface area contributed by atoms with Crippen molar-refractivity contribution in [2.24, 2.45) is 0 Å². The summed E-state index contributed by atoms with van der Waals surface area (Å²) in [6, 6.07) is 8.00. The van der Waals surface area contributed by atoms with Crippen LogP contribution < -0.4 is 10.1 Å². The summed E-state index contributed by atoms with van der Waals surface area (Å²) in [6.45, 7) is 1.36. The zero-order valence-electron chi connectivity index (χ0n) is 14.9. The van der Waals surface area contributed by atoms with Gasteiger partial charge in [0.1, 0.15) is 11.3 Å². The molecule has 0 spiro atoms. The predicted molar refractivity (Wildman–Crippen MR) is 103 cm³/mol. The Kier molecular flexibility index (Phi) is 5.18. The van der Waals surface area contributed by atoms with Crippen molar-refractivity contribution >= 4 is 40.8 Å². The van der Waals surface area contributed by atoms with Crippen molar-refractivity contribution in [1.82, 2.24) is 10.2 Å². The third-order valence-electron chi connectivity index (χ3n) is 4.58. The maximum absolute atomic E-state index is 13.0. The van der Waals surface area contributed by atoms with Crippen molar-refractivity contribution in [3.63, 3.8) is 0 Å². The van der Waals surface area contributed by atoms with Crippen molar-refractivity contribution in [2.75, 3.05) is 7.11 Å². The van der Waals surface area contributed by atoms with E-state index in [1.165, 1.54) is 37.4 Å². The van der Waals surface area contributed by atoms with Crippen molar-refractivity contribution in [3.8, 4) is 5.75 Å². The quantitative estimate of drug-likeness (QED) is 0.446. The third-order valence-corrected chi connectivity index (χ3v) is 5.31. The highest BCUT2D eigenvalue weighted by atomic mass is 35.5. The Morgan fingerprint density at radius 1 is 1.18 bits per heavy atom. The molecule has 3 amide bonds. The number of nitrogens with one attached hydrogen (secondary N) is 1. The number of carbonyl (C=O) groups excluding carboxylic acids is 2. The molecule has 0 bridgehead atoms. The number of rotatable bonds is 5. The van der Waals surface area contributed by atoms with Crippen LogP contribution in [0.3, 0.4) is 0 Å². The number of imide groups is 1. The number of nitro benzene ring substituents is 1. The van der Waals surface area contributed by atoms with Gasteiger partial charge in [0.2, 0.25) is 0 Å². The van der Waals surface area contributed by atoms with Crippen LogP contribution in [0, 0.1) is 10.1 Å². The summed E-state index contributed by atoms with van der Waals surface area (Å²) in [5.74, 6) is -0.196. The van der Waals surface area contributed by atoms with Crippen LogP contribution in [-0.2, 0) is 16.9 Å². The van der Waals surface area contributed by atoms with Crippen LogP contribution in [0.15, 0.2) is 36.4 Å². The van der Waals surface area contributed by atoms with Crippen LogP contribution in [-0.4, -0.2) is 28.9 Å². The van der Waals surface area contributed by atoms with E-state index in [4.69, 9.17) is 27.9 Å². The number of benzene rings is 2. The lowest BCUT2D eigenvalue weighted by Crippen LogP contribution is -2.40. The molecule has 2 aromatic carbocycles. The summed E-state index contributed by atoms with van der Waals surface area (Å²) in [6.07, 6.45) is 0. The molecular weight excluding hydrogens is 409 g/mol. The van der Waals surface area contributed by atoms with Gasteiger partial charge in [0.05, 0.1) is 28.6 Å². The predicted octanol–water partition coefficient (Wildman–Crippen LogP) is 3.88. The van der Waals surface area contributed by atoms with Gasteiger partial charge < -0.3 is 10.1 Å². The Morgan fingerprint density at radius 3 is 2.50 bits per heavy atom. The molecule has 1 fully saturated rings. The van der Waals surface area contributed by atoms with Crippen LogP contribution in [0.25, 0.3) is 0 Å². The number of hydrogen-bond acceptors (Lipinski definition) is 5. The van der Waals surface area contributed by atoms with Gasteiger partial charge in [-0.3, -0.25) is 19.8 Å². The Labute approximate surface area is 170 Å². The van der Waals surface area contributed by atoms with Gasteiger partial charge in [0.15, 0.2) is 0 Å². The van der Waals surface area contributed by atoms with E-state index in [0.717, 1.165) is 4.90 Å². The first kappa shape index (κ1) is 19.9. The fourth-order valence-electron chi connectivity index (χ4n) is 3.02. The molecule has 1 unspecified atom stereocenters. The summed E-state index contributed by atoms with van der Waals surface area (Å²) >= 11 is 12.0. The van der Waals surface area contributed by atoms with E-state index in [9.17, 15) is 19.7 Å². The number of nitrogens with zero attached hydrogens (tertiary/aromatic N) is 2. The van der Waals surface area contributed by atoms with Gasteiger partial charge in [0, 0.05) is 17.7 Å². The average molecular weight is 424 g/mol. The molecule has 1 heterocycles. The number of halogens is 2. The largest absolute Gasteiger partial charge is 0.496 e. The van der Waals surface area contributed by atoms with Crippen LogP contribution >= 0.6 is 23.2 Å². The second kappa shape index (κ2) is 7.29. The highest BCUT2D eigenvalue weighted by molar-refractivity contribution is 6.42. The number of methoxy groups -OCH3 is 1. The zero-order valence-corrected chi connectivity index (χ0v) is 16.4. The Balaban J connectivity index is 1.95. The van der Waals surface area contributed by atoms with Crippen LogP contribution in [0.2, 0.25) is 10.0 Å². The molecule has 8 nitrogen and oxygen atoms in total. The number of nitro groups is 1. The topological polar surface area (TPSA) is 102 Å². The Morgan fingerprint density at radius 2 is 1.89 bits per heavy atom. The molecule has 1 N–H and O–H groups in total. The second-order valence-corrected chi connectivity index (χ2v) is 7.14. The number of urea groups is 1. The molecule has 0 saturated carbocycles. The molecule has 2 aromatic rings. The molecule has 1 saturated heterocycles. The Hall–Kier alpha value is -2.84. The first-order valence-corrected chi connectivity index (χ1v) is 8.84. The van der Waals surface area contributed by atoms with Crippen LogP contribution in [0.1, 0.15) is 18.1 Å². The molecule has 1 atom stereocenters. The van der Waals surface area contributed by atoms with E-state index in [2.05, 4.69) is 5.32 Å². The summed E-state index contributed by atoms with van der Waals surface area (Å²) in [5.41, 5.74) is -0.721. The van der Waals surface area contributed by atoms with Gasteiger partial charge in [-0.15, -0.1) is 0 Å². The maximum atomic E-state index is 13.0. The van der Waals surface area contributed by atoms with Crippen molar-refractivity contribution in [3.05, 3.63) is 67.7 Å². The smallest absolute Gasteiger partial charge is 0.325 e. The summed E-state index contributed by atoms with van der Waals surface area (Å²) in [7, 11) is 1.40. The fourth-order valence-corrected chi connectivity index (χ4v) is 3.31. The van der Waals surface area contributed by atoms with E-state index in [0.29, 0.717) is 21.9 Å². The molecule has 146 valence electrons. The molecule has 0 aliphatic carbocycles. The average Bonchev–Trinajstić information content (AvgIpc) is 2.87. The summed E-state index contributed by atoms with van der Waals surface area (Å²) < 4.78 is 5.20. The van der Waals surface area contributed by atoms with E-state index >= 15 is 0 Å². The lowest BCUT2D eigenvalue weighted by Gasteiger charge is -2.23. The summed E-state index contributed by atoms with van der Waals surface area (Å²) in [4.78, 5) is 37.0. The van der Waals surface area contributed by atoms with E-state index < -0.39 is 22.4 Å². The summed E-state index contributed by atoms with van der Waals surface area (Å²) in [5, 5.41) is 14.3. The molecule has 1 aliphatic rings. The van der Waals surface area contributed by atoms with E-state index in [1.54, 1.807) is 13.0 Å². The molecule has 0 aromatic heterocycles. The van der Waals surface area contributed by atoms with Gasteiger partial charge in [0.25, 0.3) is 11.6 Å². The third kappa shape index (κ3) is 3.36. The van der Waals surface area contributed by atoms with Crippen LogP contribution in [0.5, 0.6) is 5.75 Å². The van der Waals surface area contributed by atoms with Crippen LogP contribution in [0.4, 0.5) is 10.5 Å². The number of amides is 3. The van der Waals surface area contributed by atoms with Gasteiger partial charge in [-0.05, 0) is 30.7 Å². The van der Waals surface area contributed by atoms with Crippen molar-refractivity contribution in [2.45, 2.75) is 19.0 Å². The van der Waals surface area contributed by atoms with Crippen molar-refractivity contribution in [1.29, 1.82) is 0 Å². The number of hydrogen-bond donors (Lipinski definition) is 1. The lowest BCUT2D eigenvalue weighted by atomic mass is 9.92. The lowest BCUT2D eigenvalue weighted by molar-refractivity contribution is -0.384. The fraction of sp³-hybridized carbons (Fsp3) is 0.222. The Bertz CT molecular complexity index is 997. The number of ether oxygens (including phenoxy) is 1. The highest BCUT2D eigenvalue weighted by Crippen LogP contribution is 2.34. The molecule has 28 heavy (non-hydrogen) atoms. The van der Waals surface area contributed by atoms with Gasteiger partial charge >= 0.3 is 6.03 Å². The minimum atomic E-state index is -1.35. The molecule has 0 radical (unpaired) electrons. The number of carbonyl (C=O) groups is 2. The van der Waals surface area contributed by atoms with Gasteiger partial charge in [-0.1, -0.05) is 29.3 Å². The maximum Gasteiger partial charge on any atom is 0.325 e. The minimum absolute atomic E-state index is 0.171. The SMILES string of the molecule is COc1ccc([N+](=O)[O-])cc1CN1C(=O)NC(C)(c2ccc(Cl)c(Cl)c2)C1=O. The van der Waals surface area contributed by atoms with Crippen molar-refractivity contribution < 1.29 is 19.2 Å². The minimum Gasteiger partial charge on any atom is -0.496 e. The first-order chi connectivity index (χ1) is 13.2. The van der Waals surface area contributed by atoms with E-state index in [-0.39, 0.29) is 17.3 Å². The second-order valence-electron chi connectivity index (χ2n) is 6.33. The van der Waals surface area contributed by atoms with Gasteiger partial charge in [-0.25, -0.2) is 4.79 Å². The highest BCUT2D eigenvalue weighted by Gasteiger charge is 2.49. The zero-order chi connectivity index (χ0) is 20.6. The van der Waals surface area contributed by atoms with E-state index in [1.807, 2.05) is 0 Å². The van der Waals surface area contributed by atoms with Gasteiger partial charge in [-0.2, -0.15) is 0 Å². The molecular formula is C18H15Cl2N3O5. The molecule has 1 aliphatic heterocycles. The first-order valence-electron chi connectivity index (χ1n) is 8.08. The molecule has 3 rings (SSSR count). The molecule has 10 heteroatoms. The number of non-ortho nitro benzene ring substituents is 1. The normalized spacial score (nSPS) is 18.9. The monoisotopic (exact) mass is 423 g/mol. The standard InChI is InChI=1S/C18H15Cl2N3O5/c1-18(11-3-5-13(19)14(20)8-11)16(24)22(17(25)21-18)9-10-7-12(23(26)27)4-6-15(10)28-2/h3-8H,9H2,1-2H3,(H,21,25).